The molecule has 3 N–H and O–H groups in total. The van der Waals surface area contributed by atoms with Gasteiger partial charge in [-0.15, -0.1) is 0 Å². The second-order valence-corrected chi connectivity index (χ2v) is 4.12. The summed E-state index contributed by atoms with van der Waals surface area (Å²) in [5.74, 6) is -7.91. The lowest BCUT2D eigenvalue weighted by molar-refractivity contribution is -0.267. The zero-order valence-electron chi connectivity index (χ0n) is 8.49. The molecule has 100 valence electrons. The molecule has 3 nitrogen and oxygen atoms in total. The molecule has 1 aromatic rings. The van der Waals surface area contributed by atoms with Crippen LogP contribution in [0.3, 0.4) is 0 Å². The van der Waals surface area contributed by atoms with Gasteiger partial charge in [-0.3, -0.25) is 4.79 Å². The molecule has 1 aromatic carbocycles. The van der Waals surface area contributed by atoms with E-state index in [0.717, 1.165) is 12.1 Å². The molecule has 0 atom stereocenters. The third kappa shape index (κ3) is 2.89. The maximum atomic E-state index is 12.6. The summed E-state index contributed by atoms with van der Waals surface area (Å²) < 4.78 is 61.2. The first-order valence-electron chi connectivity index (χ1n) is 4.36. The molecule has 0 aliphatic heterocycles. The molecule has 0 fully saturated rings. The fourth-order valence-corrected chi connectivity index (χ4v) is 1.32. The number of halogens is 6. The number of nitrogen functional groups attached to an aromatic ring is 1. The highest BCUT2D eigenvalue weighted by Gasteiger charge is 2.63. The van der Waals surface area contributed by atoms with Gasteiger partial charge in [0, 0.05) is 15.8 Å². The van der Waals surface area contributed by atoms with Crippen molar-refractivity contribution in [3.05, 3.63) is 22.7 Å². The fraction of sp³-hybridized carbons (Fsp3) is 0.222. The molecule has 1 amide bonds. The topological polar surface area (TPSA) is 55.1 Å². The highest BCUT2D eigenvalue weighted by molar-refractivity contribution is 9.10. The first kappa shape index (κ1) is 14.7. The second kappa shape index (κ2) is 4.71. The lowest BCUT2D eigenvalue weighted by atomic mass is 10.2. The van der Waals surface area contributed by atoms with E-state index in [2.05, 4.69) is 15.9 Å². The minimum absolute atomic E-state index is 0.231. The van der Waals surface area contributed by atoms with Gasteiger partial charge in [-0.1, -0.05) is 0 Å². The van der Waals surface area contributed by atoms with Crippen molar-refractivity contribution in [3.8, 4) is 0 Å². The number of benzene rings is 1. The molecule has 0 saturated carbocycles. The Morgan fingerprint density at radius 3 is 2.22 bits per heavy atom. The largest absolute Gasteiger partial charge is 0.463 e. The van der Waals surface area contributed by atoms with Crippen LogP contribution in [0.25, 0.3) is 0 Å². The summed E-state index contributed by atoms with van der Waals surface area (Å²) in [6, 6.07) is 3.45. The minimum Gasteiger partial charge on any atom is -0.398 e. The van der Waals surface area contributed by atoms with Gasteiger partial charge in [0.2, 0.25) is 0 Å². The number of nitrogens with one attached hydrogen (secondary N) is 1. The molecule has 0 heterocycles. The first-order valence-corrected chi connectivity index (χ1v) is 5.16. The smallest absolute Gasteiger partial charge is 0.398 e. The Morgan fingerprint density at radius 2 is 1.78 bits per heavy atom. The maximum Gasteiger partial charge on any atom is 0.463 e. The zero-order valence-corrected chi connectivity index (χ0v) is 10.1. The Hall–Kier alpha value is -1.38. The molecular weight excluding hydrogens is 327 g/mol. The number of carbonyl (C=O) groups excluding carboxylic acids is 1. The second-order valence-electron chi connectivity index (χ2n) is 3.26. The van der Waals surface area contributed by atoms with Gasteiger partial charge in [-0.05, 0) is 34.1 Å². The van der Waals surface area contributed by atoms with Crippen molar-refractivity contribution >= 4 is 33.2 Å². The number of rotatable bonds is 2. The Balaban J connectivity index is 2.91. The Labute approximate surface area is 106 Å². The maximum absolute atomic E-state index is 12.6. The summed E-state index contributed by atoms with van der Waals surface area (Å²) in [5.41, 5.74) is 5.40. The van der Waals surface area contributed by atoms with Crippen molar-refractivity contribution in [2.24, 2.45) is 0 Å². The average Bonchev–Trinajstić information content (AvgIpc) is 2.21. The van der Waals surface area contributed by atoms with Crippen LogP contribution >= 0.6 is 15.9 Å². The summed E-state index contributed by atoms with van der Waals surface area (Å²) in [6.45, 7) is 0. The predicted octanol–water partition coefficient (Wildman–Crippen LogP) is 3.17. The number of hydrogen-bond acceptors (Lipinski definition) is 2. The summed E-state index contributed by atoms with van der Waals surface area (Å²) in [5, 5.41) is 1.46. The van der Waals surface area contributed by atoms with Crippen molar-refractivity contribution in [2.75, 3.05) is 11.1 Å². The Kier molecular flexibility index (Phi) is 3.84. The molecule has 0 unspecified atom stereocenters. The van der Waals surface area contributed by atoms with Gasteiger partial charge in [-0.25, -0.2) is 0 Å². The number of nitrogens with two attached hydrogens (primary N) is 1. The molecule has 0 aromatic heterocycles. The highest BCUT2D eigenvalue weighted by Crippen LogP contribution is 2.36. The quantitative estimate of drug-likeness (QED) is 0.645. The molecule has 0 aliphatic carbocycles. The zero-order chi connectivity index (χ0) is 14.1. The summed E-state index contributed by atoms with van der Waals surface area (Å²) >= 11 is 2.94. The summed E-state index contributed by atoms with van der Waals surface area (Å²) in [7, 11) is 0. The van der Waals surface area contributed by atoms with Crippen LogP contribution < -0.4 is 11.1 Å². The molecule has 18 heavy (non-hydrogen) atoms. The number of anilines is 2. The van der Waals surface area contributed by atoms with Gasteiger partial charge in [0.05, 0.1) is 0 Å². The van der Waals surface area contributed by atoms with Crippen LogP contribution in [-0.4, -0.2) is 18.0 Å². The lowest BCUT2D eigenvalue weighted by Gasteiger charge is -2.18. The average molecular weight is 333 g/mol. The normalized spacial score (nSPS) is 12.3. The van der Waals surface area contributed by atoms with Crippen molar-refractivity contribution in [1.29, 1.82) is 0 Å². The number of alkyl halides is 5. The lowest BCUT2D eigenvalue weighted by Crippen LogP contribution is -2.47. The first-order chi connectivity index (χ1) is 8.05. The molecule has 9 heteroatoms. The van der Waals surface area contributed by atoms with E-state index in [9.17, 15) is 26.7 Å². The molecule has 0 spiro atoms. The third-order valence-electron chi connectivity index (χ3n) is 1.90. The highest BCUT2D eigenvalue weighted by atomic mass is 79.9. The molecule has 0 radical (unpaired) electrons. The van der Waals surface area contributed by atoms with Gasteiger partial charge >= 0.3 is 18.0 Å². The SMILES string of the molecule is Nc1ccc(NC(=O)C(F)(F)C(F)(F)F)cc1Br. The number of hydrogen-bond donors (Lipinski definition) is 2. The molecule has 1 rings (SSSR count). The van der Waals surface area contributed by atoms with Gasteiger partial charge in [-0.2, -0.15) is 22.0 Å². The Morgan fingerprint density at radius 1 is 1.22 bits per heavy atom. The van der Waals surface area contributed by atoms with E-state index < -0.39 is 18.0 Å². The molecular formula is C9H6BrF5N2O. The molecule has 0 bridgehead atoms. The van der Waals surface area contributed by atoms with E-state index in [0.29, 0.717) is 0 Å². The predicted molar refractivity (Wildman–Crippen MR) is 58.2 cm³/mol. The van der Waals surface area contributed by atoms with Crippen LogP contribution in [-0.2, 0) is 4.79 Å². The van der Waals surface area contributed by atoms with E-state index in [1.54, 1.807) is 0 Å². The van der Waals surface area contributed by atoms with Crippen molar-refractivity contribution < 1.29 is 26.7 Å². The minimum atomic E-state index is -5.94. The number of amides is 1. The van der Waals surface area contributed by atoms with Gasteiger partial charge in [0.1, 0.15) is 0 Å². The third-order valence-corrected chi connectivity index (χ3v) is 2.59. The van der Waals surface area contributed by atoms with Crippen LogP contribution in [0, 0.1) is 0 Å². The van der Waals surface area contributed by atoms with Crippen molar-refractivity contribution in [1.82, 2.24) is 0 Å². The van der Waals surface area contributed by atoms with Gasteiger partial charge < -0.3 is 11.1 Å². The van der Waals surface area contributed by atoms with Crippen LogP contribution in [0.2, 0.25) is 0 Å². The van der Waals surface area contributed by atoms with E-state index in [1.165, 1.54) is 11.4 Å². The van der Waals surface area contributed by atoms with Gasteiger partial charge in [0.25, 0.3) is 0 Å². The standard InChI is InChI=1S/C9H6BrF5N2O/c10-5-3-4(1-2-6(5)16)17-7(18)8(11,12)9(13,14)15/h1-3H,16H2,(H,17,18). The van der Waals surface area contributed by atoms with Crippen molar-refractivity contribution in [3.63, 3.8) is 0 Å². The number of carbonyl (C=O) groups is 1. The fourth-order valence-electron chi connectivity index (χ4n) is 0.943. The van der Waals surface area contributed by atoms with Crippen molar-refractivity contribution in [2.45, 2.75) is 12.1 Å². The van der Waals surface area contributed by atoms with E-state index >= 15 is 0 Å². The summed E-state index contributed by atoms with van der Waals surface area (Å²) in [6.07, 6.45) is -5.94. The van der Waals surface area contributed by atoms with E-state index in [-0.39, 0.29) is 15.8 Å². The van der Waals surface area contributed by atoms with Crippen LogP contribution in [0.4, 0.5) is 33.3 Å². The summed E-state index contributed by atoms with van der Waals surface area (Å²) in [4.78, 5) is 10.8. The van der Waals surface area contributed by atoms with E-state index in [4.69, 9.17) is 5.73 Å². The molecule has 0 aliphatic rings. The van der Waals surface area contributed by atoms with Crippen LogP contribution in [0.15, 0.2) is 22.7 Å². The molecule has 0 saturated heterocycles. The van der Waals surface area contributed by atoms with E-state index in [1.807, 2.05) is 0 Å². The van der Waals surface area contributed by atoms with Gasteiger partial charge in [0.15, 0.2) is 0 Å². The Bertz CT molecular complexity index is 475. The van der Waals surface area contributed by atoms with Crippen LogP contribution in [0.5, 0.6) is 0 Å². The van der Waals surface area contributed by atoms with Crippen LogP contribution in [0.1, 0.15) is 0 Å². The monoisotopic (exact) mass is 332 g/mol.